The number of halogens is 4. The Morgan fingerprint density at radius 3 is 1.90 bits per heavy atom. The average Bonchev–Trinajstić information content (AvgIpc) is 2.72. The lowest BCUT2D eigenvalue weighted by atomic mass is 9.86. The van der Waals surface area contributed by atoms with Crippen LogP contribution >= 0.6 is 7.82 Å². The minimum absolute atomic E-state index is 0.255. The molecular weight excluding hydrogens is 445 g/mol. The zero-order chi connectivity index (χ0) is 23.2. The molecule has 170 valence electrons. The highest BCUT2D eigenvalue weighted by atomic mass is 31.2. The minimum atomic E-state index is -4.72. The number of phosphoric ester groups is 1. The van der Waals surface area contributed by atoms with Gasteiger partial charge in [0.1, 0.15) is 0 Å². The number of ether oxygens (including phenoxy) is 1. The second-order valence-electron chi connectivity index (χ2n) is 5.84. The summed E-state index contributed by atoms with van der Waals surface area (Å²) in [5, 5.41) is 0. The maximum Gasteiger partial charge on any atom is 0.476 e. The van der Waals surface area contributed by atoms with Crippen LogP contribution < -0.4 is 0 Å². The first-order valence-corrected chi connectivity index (χ1v) is 10.7. The number of pyridine rings is 1. The molecule has 0 fully saturated rings. The van der Waals surface area contributed by atoms with E-state index in [4.69, 9.17) is 18.3 Å². The SMILES string of the molecule is CCOC(=O)C(OP(=O)(OCC)OCC)(c1ccccc1)c1c(F)c(F)nc(F)c1F. The van der Waals surface area contributed by atoms with Crippen LogP contribution in [-0.4, -0.2) is 30.8 Å². The Morgan fingerprint density at radius 2 is 1.45 bits per heavy atom. The number of rotatable bonds is 10. The number of hydrogen-bond donors (Lipinski definition) is 0. The van der Waals surface area contributed by atoms with E-state index < -0.39 is 48.5 Å². The van der Waals surface area contributed by atoms with Crippen molar-refractivity contribution in [2.75, 3.05) is 19.8 Å². The summed E-state index contributed by atoms with van der Waals surface area (Å²) in [7, 11) is -4.72. The standard InChI is InChI=1S/C19H20F4NO6P/c1-4-27-18(25)19(12-10-8-7-9-11-12,30-31(26,28-5-2)29-6-3)13-14(20)16(22)24-17(23)15(13)21/h7-11H,4-6H2,1-3H3. The molecule has 31 heavy (non-hydrogen) atoms. The second kappa shape index (κ2) is 10.3. The first-order chi connectivity index (χ1) is 14.7. The highest BCUT2D eigenvalue weighted by molar-refractivity contribution is 7.48. The maximum absolute atomic E-state index is 14.9. The summed E-state index contributed by atoms with van der Waals surface area (Å²) >= 11 is 0. The summed E-state index contributed by atoms with van der Waals surface area (Å²) in [6, 6.07) is 6.51. The van der Waals surface area contributed by atoms with Crippen molar-refractivity contribution in [2.24, 2.45) is 0 Å². The van der Waals surface area contributed by atoms with E-state index in [1.165, 1.54) is 39.0 Å². The lowest BCUT2D eigenvalue weighted by Gasteiger charge is -2.34. The lowest BCUT2D eigenvalue weighted by Crippen LogP contribution is -2.43. The molecule has 1 atom stereocenters. The van der Waals surface area contributed by atoms with Gasteiger partial charge < -0.3 is 4.74 Å². The van der Waals surface area contributed by atoms with Crippen LogP contribution in [0.1, 0.15) is 31.9 Å². The molecule has 0 saturated carbocycles. The van der Waals surface area contributed by atoms with Gasteiger partial charge in [-0.25, -0.2) is 18.1 Å². The van der Waals surface area contributed by atoms with E-state index in [9.17, 15) is 26.9 Å². The number of hydrogen-bond acceptors (Lipinski definition) is 7. The van der Waals surface area contributed by atoms with Gasteiger partial charge in [-0.05, 0) is 20.8 Å². The summed E-state index contributed by atoms with van der Waals surface area (Å²) in [6.07, 6.45) is 0. The van der Waals surface area contributed by atoms with Gasteiger partial charge in [-0.1, -0.05) is 30.3 Å². The maximum atomic E-state index is 14.9. The molecule has 1 heterocycles. The van der Waals surface area contributed by atoms with Gasteiger partial charge in [-0.15, -0.1) is 0 Å². The van der Waals surface area contributed by atoms with Gasteiger partial charge in [0.05, 0.1) is 25.4 Å². The van der Waals surface area contributed by atoms with E-state index >= 15 is 0 Å². The Hall–Kier alpha value is -2.33. The summed E-state index contributed by atoms with van der Waals surface area (Å²) in [6.45, 7) is 3.37. The Labute approximate surface area is 175 Å². The third kappa shape index (κ3) is 4.95. The topological polar surface area (TPSA) is 84.0 Å². The Bertz CT molecular complexity index is 941. The van der Waals surface area contributed by atoms with Crippen LogP contribution in [0.25, 0.3) is 0 Å². The summed E-state index contributed by atoms with van der Waals surface area (Å²) in [5.41, 5.74) is -5.01. The first-order valence-electron chi connectivity index (χ1n) is 9.19. The van der Waals surface area contributed by atoms with Gasteiger partial charge in [0, 0.05) is 5.56 Å². The molecular formula is C19H20F4NO6P. The number of nitrogens with zero attached hydrogens (tertiary/aromatic N) is 1. The van der Waals surface area contributed by atoms with Crippen molar-refractivity contribution in [1.82, 2.24) is 4.98 Å². The number of phosphoric acid groups is 1. The van der Waals surface area contributed by atoms with Crippen molar-refractivity contribution >= 4 is 13.8 Å². The normalized spacial score (nSPS) is 13.6. The molecule has 1 aromatic carbocycles. The molecule has 1 aromatic heterocycles. The fourth-order valence-electron chi connectivity index (χ4n) is 2.78. The number of benzene rings is 1. The van der Waals surface area contributed by atoms with Crippen molar-refractivity contribution in [3.05, 3.63) is 65.0 Å². The molecule has 7 nitrogen and oxygen atoms in total. The van der Waals surface area contributed by atoms with Gasteiger partial charge in [0.2, 0.25) is 5.60 Å². The van der Waals surface area contributed by atoms with Crippen molar-refractivity contribution in [3.63, 3.8) is 0 Å². The zero-order valence-corrected chi connectivity index (χ0v) is 17.8. The van der Waals surface area contributed by atoms with Crippen LogP contribution in [0.4, 0.5) is 17.6 Å². The summed E-state index contributed by atoms with van der Waals surface area (Å²) in [4.78, 5) is 15.6. The molecule has 0 N–H and O–H groups in total. The van der Waals surface area contributed by atoms with Crippen molar-refractivity contribution in [1.29, 1.82) is 0 Å². The third-order valence-electron chi connectivity index (χ3n) is 3.92. The van der Waals surface area contributed by atoms with Crippen molar-refractivity contribution in [2.45, 2.75) is 26.4 Å². The van der Waals surface area contributed by atoms with E-state index in [2.05, 4.69) is 4.98 Å². The number of carbonyl (C=O) groups is 1. The monoisotopic (exact) mass is 465 g/mol. The molecule has 2 aromatic rings. The molecule has 0 aliphatic rings. The summed E-state index contributed by atoms with van der Waals surface area (Å²) < 4.78 is 91.2. The highest BCUT2D eigenvalue weighted by Crippen LogP contribution is 2.57. The number of carbonyl (C=O) groups excluding carboxylic acids is 1. The van der Waals surface area contributed by atoms with E-state index in [1.54, 1.807) is 0 Å². The third-order valence-corrected chi connectivity index (χ3v) is 5.56. The Morgan fingerprint density at radius 1 is 0.935 bits per heavy atom. The molecule has 0 spiro atoms. The summed E-state index contributed by atoms with van der Waals surface area (Å²) in [5.74, 6) is -9.70. The number of aromatic nitrogens is 1. The fourth-order valence-corrected chi connectivity index (χ4v) is 4.19. The van der Waals surface area contributed by atoms with E-state index in [1.807, 2.05) is 0 Å². The average molecular weight is 465 g/mol. The quantitative estimate of drug-likeness (QED) is 0.219. The molecule has 12 heteroatoms. The highest BCUT2D eigenvalue weighted by Gasteiger charge is 2.55. The Balaban J connectivity index is 2.99. The van der Waals surface area contributed by atoms with Gasteiger partial charge in [0.15, 0.2) is 11.6 Å². The second-order valence-corrected chi connectivity index (χ2v) is 7.43. The zero-order valence-electron chi connectivity index (χ0n) is 16.9. The predicted octanol–water partition coefficient (Wildman–Crippen LogP) is 4.64. The van der Waals surface area contributed by atoms with Gasteiger partial charge in [-0.3, -0.25) is 13.6 Å². The molecule has 0 radical (unpaired) electrons. The van der Waals surface area contributed by atoms with E-state index in [-0.39, 0.29) is 25.4 Å². The largest absolute Gasteiger partial charge is 0.476 e. The molecule has 1 unspecified atom stereocenters. The van der Waals surface area contributed by atoms with Crippen LogP contribution in [-0.2, 0) is 33.3 Å². The smallest absolute Gasteiger partial charge is 0.463 e. The van der Waals surface area contributed by atoms with Gasteiger partial charge in [-0.2, -0.15) is 13.8 Å². The minimum Gasteiger partial charge on any atom is -0.463 e. The molecule has 0 aliphatic heterocycles. The van der Waals surface area contributed by atoms with Crippen LogP contribution in [0.5, 0.6) is 0 Å². The Kier molecular flexibility index (Phi) is 8.30. The first kappa shape index (κ1) is 24.9. The molecule has 0 aliphatic carbocycles. The number of esters is 1. The van der Waals surface area contributed by atoms with Crippen molar-refractivity contribution in [3.8, 4) is 0 Å². The van der Waals surface area contributed by atoms with Crippen LogP contribution in [0.15, 0.2) is 30.3 Å². The van der Waals surface area contributed by atoms with Crippen LogP contribution in [0, 0.1) is 23.5 Å². The van der Waals surface area contributed by atoms with Crippen molar-refractivity contribution < 1.29 is 45.2 Å². The fraction of sp³-hybridized carbons (Fsp3) is 0.368. The predicted molar refractivity (Wildman–Crippen MR) is 99.9 cm³/mol. The van der Waals surface area contributed by atoms with Crippen LogP contribution in [0.3, 0.4) is 0 Å². The molecule has 2 rings (SSSR count). The molecule has 0 amide bonds. The van der Waals surface area contributed by atoms with Gasteiger partial charge in [0.25, 0.3) is 11.9 Å². The molecule has 0 bridgehead atoms. The molecule has 0 saturated heterocycles. The van der Waals surface area contributed by atoms with E-state index in [0.29, 0.717) is 0 Å². The van der Waals surface area contributed by atoms with E-state index in [0.717, 1.165) is 12.1 Å². The van der Waals surface area contributed by atoms with Gasteiger partial charge >= 0.3 is 13.8 Å². The van der Waals surface area contributed by atoms with Crippen LogP contribution in [0.2, 0.25) is 0 Å². The lowest BCUT2D eigenvalue weighted by molar-refractivity contribution is -0.161.